The van der Waals surface area contributed by atoms with Crippen molar-refractivity contribution in [3.05, 3.63) is 0 Å². The van der Waals surface area contributed by atoms with Gasteiger partial charge >= 0.3 is 0 Å². The zero-order valence-corrected chi connectivity index (χ0v) is 13.0. The summed E-state index contributed by atoms with van der Waals surface area (Å²) in [6, 6.07) is 0. The summed E-state index contributed by atoms with van der Waals surface area (Å²) in [5.41, 5.74) is 0.736. The molecule has 2 aliphatic heterocycles. The second kappa shape index (κ2) is 5.73. The molecule has 110 valence electrons. The molecule has 0 unspecified atom stereocenters. The topological polar surface area (TPSA) is 6.48 Å². The molecule has 1 aliphatic carbocycles. The summed E-state index contributed by atoms with van der Waals surface area (Å²) >= 11 is 0. The Kier molecular flexibility index (Phi) is 4.19. The lowest BCUT2D eigenvalue weighted by atomic mass is 9.70. The second-order valence-electron chi connectivity index (χ2n) is 7.88. The fourth-order valence-electron chi connectivity index (χ4n) is 4.64. The molecule has 2 saturated heterocycles. The first-order chi connectivity index (χ1) is 9.19. The van der Waals surface area contributed by atoms with Gasteiger partial charge in [0.1, 0.15) is 0 Å². The molecule has 0 bridgehead atoms. The number of unbranched alkanes of at least 4 members (excludes halogenated alkanes) is 3. The Balaban J connectivity index is 1.24. The Morgan fingerprint density at radius 3 is 2.26 bits per heavy atom. The molecule has 0 aromatic carbocycles. The average molecular weight is 264 g/mol. The fraction of sp³-hybridized carbons (Fsp3) is 1.00. The average Bonchev–Trinajstić information content (AvgIpc) is 2.25. The highest BCUT2D eigenvalue weighted by atomic mass is 15.3. The number of hydrogen-bond acceptors (Lipinski definition) is 2. The van der Waals surface area contributed by atoms with E-state index in [2.05, 4.69) is 23.6 Å². The number of likely N-dealkylation sites (tertiary alicyclic amines) is 2. The van der Waals surface area contributed by atoms with E-state index >= 15 is 0 Å². The molecular formula is C17H32N2. The normalized spacial score (nSPS) is 33.8. The largest absolute Gasteiger partial charge is 0.302 e. The van der Waals surface area contributed by atoms with Crippen LogP contribution in [0.4, 0.5) is 0 Å². The van der Waals surface area contributed by atoms with Gasteiger partial charge in [-0.25, -0.2) is 0 Å². The molecule has 19 heavy (non-hydrogen) atoms. The van der Waals surface area contributed by atoms with Gasteiger partial charge in [0.25, 0.3) is 0 Å². The third-order valence-corrected chi connectivity index (χ3v) is 5.55. The molecule has 3 fully saturated rings. The van der Waals surface area contributed by atoms with Gasteiger partial charge in [0.2, 0.25) is 0 Å². The first kappa shape index (κ1) is 13.9. The van der Waals surface area contributed by atoms with Crippen LogP contribution in [0.3, 0.4) is 0 Å². The van der Waals surface area contributed by atoms with Gasteiger partial charge in [0.15, 0.2) is 0 Å². The van der Waals surface area contributed by atoms with E-state index in [0.717, 1.165) is 17.3 Å². The Labute approximate surface area is 119 Å². The Morgan fingerprint density at radius 1 is 0.947 bits per heavy atom. The predicted octanol–water partition coefficient (Wildman–Crippen LogP) is 3.23. The van der Waals surface area contributed by atoms with Crippen molar-refractivity contribution in [3.8, 4) is 0 Å². The van der Waals surface area contributed by atoms with Crippen LogP contribution in [0.15, 0.2) is 0 Å². The highest BCUT2D eigenvalue weighted by Gasteiger charge is 2.51. The van der Waals surface area contributed by atoms with Crippen LogP contribution in [0.1, 0.15) is 52.4 Å². The first-order valence-corrected chi connectivity index (χ1v) is 8.64. The molecule has 3 aliphatic rings. The van der Waals surface area contributed by atoms with Gasteiger partial charge in [0.05, 0.1) is 0 Å². The van der Waals surface area contributed by atoms with Crippen molar-refractivity contribution in [2.75, 3.05) is 39.3 Å². The summed E-state index contributed by atoms with van der Waals surface area (Å²) in [4.78, 5) is 5.42. The van der Waals surface area contributed by atoms with Crippen molar-refractivity contribution in [2.24, 2.45) is 17.3 Å². The summed E-state index contributed by atoms with van der Waals surface area (Å²) in [5, 5.41) is 0. The van der Waals surface area contributed by atoms with E-state index in [1.165, 1.54) is 77.8 Å². The highest BCUT2D eigenvalue weighted by Crippen LogP contribution is 2.42. The standard InChI is InChI=1S/C17H32N2/c1-3-4-5-6-7-18-11-17(12-18)13-19(14-17)10-16-8-15(2)9-16/h15-16H,3-14H2,1-2H3/t15-,16-. The minimum Gasteiger partial charge on any atom is -0.302 e. The summed E-state index contributed by atoms with van der Waals surface area (Å²) in [5.74, 6) is 2.06. The van der Waals surface area contributed by atoms with E-state index in [-0.39, 0.29) is 0 Å². The van der Waals surface area contributed by atoms with Gasteiger partial charge in [-0.15, -0.1) is 0 Å². The summed E-state index contributed by atoms with van der Waals surface area (Å²) in [6.07, 6.45) is 8.63. The molecule has 0 aromatic heterocycles. The van der Waals surface area contributed by atoms with E-state index in [9.17, 15) is 0 Å². The third kappa shape index (κ3) is 3.16. The van der Waals surface area contributed by atoms with Crippen LogP contribution in [-0.2, 0) is 0 Å². The van der Waals surface area contributed by atoms with Gasteiger partial charge in [-0.3, -0.25) is 0 Å². The van der Waals surface area contributed by atoms with E-state index in [1.54, 1.807) is 0 Å². The molecule has 1 saturated carbocycles. The van der Waals surface area contributed by atoms with Crippen LogP contribution >= 0.6 is 0 Å². The van der Waals surface area contributed by atoms with Crippen LogP contribution in [0.2, 0.25) is 0 Å². The quantitative estimate of drug-likeness (QED) is 0.651. The molecule has 3 rings (SSSR count). The SMILES string of the molecule is CCCCCCN1CC2(C1)CN(C[C@H]1C[C@H](C)C1)C2. The van der Waals surface area contributed by atoms with E-state index in [4.69, 9.17) is 0 Å². The zero-order chi connectivity index (χ0) is 13.3. The molecule has 2 heteroatoms. The Morgan fingerprint density at radius 2 is 1.63 bits per heavy atom. The van der Waals surface area contributed by atoms with Gasteiger partial charge in [-0.05, 0) is 37.6 Å². The first-order valence-electron chi connectivity index (χ1n) is 8.64. The fourth-order valence-corrected chi connectivity index (χ4v) is 4.64. The highest BCUT2D eigenvalue weighted by molar-refractivity contribution is 5.06. The Bertz CT molecular complexity index is 282. The summed E-state index contributed by atoms with van der Waals surface area (Å²) in [7, 11) is 0. The molecule has 2 heterocycles. The van der Waals surface area contributed by atoms with Crippen LogP contribution in [0, 0.1) is 17.3 Å². The molecule has 0 amide bonds. The molecular weight excluding hydrogens is 232 g/mol. The summed E-state index contributed by atoms with van der Waals surface area (Å²) < 4.78 is 0. The lowest BCUT2D eigenvalue weighted by molar-refractivity contribution is -0.123. The van der Waals surface area contributed by atoms with Crippen molar-refractivity contribution in [1.29, 1.82) is 0 Å². The van der Waals surface area contributed by atoms with Crippen molar-refractivity contribution < 1.29 is 0 Å². The lowest BCUT2D eigenvalue weighted by Crippen LogP contribution is -2.72. The van der Waals surface area contributed by atoms with Crippen LogP contribution in [0.25, 0.3) is 0 Å². The van der Waals surface area contributed by atoms with E-state index < -0.39 is 0 Å². The van der Waals surface area contributed by atoms with Crippen molar-refractivity contribution in [2.45, 2.75) is 52.4 Å². The van der Waals surface area contributed by atoms with Gasteiger partial charge < -0.3 is 9.80 Å². The van der Waals surface area contributed by atoms with Crippen molar-refractivity contribution in [3.63, 3.8) is 0 Å². The number of hydrogen-bond donors (Lipinski definition) is 0. The van der Waals surface area contributed by atoms with Crippen LogP contribution in [0.5, 0.6) is 0 Å². The molecule has 0 atom stereocenters. The van der Waals surface area contributed by atoms with Gasteiger partial charge in [-0.1, -0.05) is 33.1 Å². The van der Waals surface area contributed by atoms with E-state index in [0.29, 0.717) is 0 Å². The van der Waals surface area contributed by atoms with Crippen LogP contribution in [-0.4, -0.2) is 49.1 Å². The second-order valence-corrected chi connectivity index (χ2v) is 7.88. The predicted molar refractivity (Wildman–Crippen MR) is 81.3 cm³/mol. The molecule has 1 spiro atoms. The smallest absolute Gasteiger partial charge is 0.0212 e. The monoisotopic (exact) mass is 264 g/mol. The van der Waals surface area contributed by atoms with Crippen LogP contribution < -0.4 is 0 Å². The summed E-state index contributed by atoms with van der Waals surface area (Å²) in [6.45, 7) is 13.1. The Hall–Kier alpha value is -0.0800. The van der Waals surface area contributed by atoms with Crippen molar-refractivity contribution in [1.82, 2.24) is 9.80 Å². The zero-order valence-electron chi connectivity index (χ0n) is 13.0. The molecule has 0 radical (unpaired) electrons. The van der Waals surface area contributed by atoms with Crippen molar-refractivity contribution >= 4 is 0 Å². The van der Waals surface area contributed by atoms with E-state index in [1.807, 2.05) is 0 Å². The maximum atomic E-state index is 2.73. The molecule has 2 nitrogen and oxygen atoms in total. The number of rotatable bonds is 7. The molecule has 0 N–H and O–H groups in total. The maximum absolute atomic E-state index is 2.73. The minimum atomic E-state index is 0.736. The van der Waals surface area contributed by atoms with Gasteiger partial charge in [0, 0.05) is 38.1 Å². The lowest BCUT2D eigenvalue weighted by Gasteiger charge is -2.61. The number of nitrogens with zero attached hydrogens (tertiary/aromatic N) is 2. The minimum absolute atomic E-state index is 0.736. The third-order valence-electron chi connectivity index (χ3n) is 5.55. The molecule has 0 aromatic rings. The van der Waals surface area contributed by atoms with Gasteiger partial charge in [-0.2, -0.15) is 0 Å². The maximum Gasteiger partial charge on any atom is 0.0212 e.